The van der Waals surface area contributed by atoms with Crippen molar-refractivity contribution in [3.05, 3.63) is 59.2 Å². The van der Waals surface area contributed by atoms with Crippen molar-refractivity contribution in [1.82, 2.24) is 5.32 Å². The molecule has 4 heteroatoms. The molecule has 150 valence electrons. The lowest BCUT2D eigenvalue weighted by Gasteiger charge is -2.31. The van der Waals surface area contributed by atoms with E-state index >= 15 is 0 Å². The molecule has 0 spiro atoms. The van der Waals surface area contributed by atoms with Gasteiger partial charge in [0.05, 0.1) is 0 Å². The van der Waals surface area contributed by atoms with Crippen LogP contribution in [0.1, 0.15) is 42.9 Å². The lowest BCUT2D eigenvalue weighted by Crippen LogP contribution is -2.39. The molecule has 0 bridgehead atoms. The van der Waals surface area contributed by atoms with E-state index in [2.05, 4.69) is 47.5 Å². The average molecular weight is 381 g/mol. The lowest BCUT2D eigenvalue weighted by molar-refractivity contribution is -0.128. The van der Waals surface area contributed by atoms with Crippen molar-refractivity contribution in [3.8, 4) is 5.75 Å². The van der Waals surface area contributed by atoms with E-state index in [1.807, 2.05) is 26.0 Å². The van der Waals surface area contributed by atoms with E-state index in [-0.39, 0.29) is 5.91 Å². The Bertz CT molecular complexity index is 803. The monoisotopic (exact) mass is 380 g/mol. The second kappa shape index (κ2) is 9.63. The van der Waals surface area contributed by atoms with Gasteiger partial charge < -0.3 is 15.0 Å². The SMILES string of the molecule is CCC(Oc1ccc(C)cc1C)C(=O)NCCCN1CCCc2ccccc21. The van der Waals surface area contributed by atoms with Crippen LogP contribution >= 0.6 is 0 Å². The summed E-state index contributed by atoms with van der Waals surface area (Å²) in [6, 6.07) is 14.7. The van der Waals surface area contributed by atoms with Gasteiger partial charge in [-0.05, 0) is 62.8 Å². The minimum absolute atomic E-state index is 0.0264. The zero-order valence-corrected chi connectivity index (χ0v) is 17.3. The van der Waals surface area contributed by atoms with Crippen molar-refractivity contribution in [2.24, 2.45) is 0 Å². The van der Waals surface area contributed by atoms with E-state index in [0.29, 0.717) is 13.0 Å². The average Bonchev–Trinajstić information content (AvgIpc) is 2.70. The van der Waals surface area contributed by atoms with Gasteiger partial charge in [0.15, 0.2) is 6.10 Å². The fraction of sp³-hybridized carbons (Fsp3) is 0.458. The van der Waals surface area contributed by atoms with E-state index in [1.165, 1.54) is 23.2 Å². The Morgan fingerprint density at radius 2 is 2.04 bits per heavy atom. The molecule has 1 heterocycles. The summed E-state index contributed by atoms with van der Waals surface area (Å²) in [6.07, 6.45) is 3.50. The minimum Gasteiger partial charge on any atom is -0.480 e. The van der Waals surface area contributed by atoms with Crippen LogP contribution in [-0.2, 0) is 11.2 Å². The first-order chi connectivity index (χ1) is 13.6. The third-order valence-electron chi connectivity index (χ3n) is 5.37. The van der Waals surface area contributed by atoms with Crippen LogP contribution in [0.2, 0.25) is 0 Å². The highest BCUT2D eigenvalue weighted by molar-refractivity contribution is 5.81. The number of para-hydroxylation sites is 1. The molecule has 1 aliphatic heterocycles. The molecular weight excluding hydrogens is 348 g/mol. The number of hydrogen-bond acceptors (Lipinski definition) is 3. The van der Waals surface area contributed by atoms with Crippen LogP contribution in [-0.4, -0.2) is 31.6 Å². The molecule has 2 aromatic rings. The predicted octanol–water partition coefficient (Wildman–Crippen LogP) is 4.42. The molecule has 3 rings (SSSR count). The van der Waals surface area contributed by atoms with Crippen LogP contribution in [0, 0.1) is 13.8 Å². The Morgan fingerprint density at radius 3 is 2.82 bits per heavy atom. The molecule has 1 aliphatic rings. The molecule has 28 heavy (non-hydrogen) atoms. The van der Waals surface area contributed by atoms with E-state index in [0.717, 1.165) is 37.2 Å². The second-order valence-corrected chi connectivity index (χ2v) is 7.65. The Labute approximate surface area is 168 Å². The van der Waals surface area contributed by atoms with Crippen LogP contribution in [0.5, 0.6) is 5.75 Å². The fourth-order valence-electron chi connectivity index (χ4n) is 3.85. The molecular formula is C24H32N2O2. The third kappa shape index (κ3) is 5.06. The summed E-state index contributed by atoms with van der Waals surface area (Å²) in [5.41, 5.74) is 5.05. The first kappa shape index (κ1) is 20.2. The number of rotatable bonds is 8. The van der Waals surface area contributed by atoms with E-state index in [9.17, 15) is 4.79 Å². The van der Waals surface area contributed by atoms with Gasteiger partial charge >= 0.3 is 0 Å². The number of aryl methyl sites for hydroxylation is 3. The summed E-state index contributed by atoms with van der Waals surface area (Å²) in [7, 11) is 0. The first-order valence-corrected chi connectivity index (χ1v) is 10.4. The number of benzene rings is 2. The van der Waals surface area contributed by atoms with E-state index < -0.39 is 6.10 Å². The second-order valence-electron chi connectivity index (χ2n) is 7.65. The van der Waals surface area contributed by atoms with E-state index in [1.54, 1.807) is 0 Å². The van der Waals surface area contributed by atoms with Crippen molar-refractivity contribution in [1.29, 1.82) is 0 Å². The minimum atomic E-state index is -0.447. The molecule has 0 aliphatic carbocycles. The van der Waals surface area contributed by atoms with Gasteiger partial charge in [-0.3, -0.25) is 4.79 Å². The molecule has 1 amide bonds. The van der Waals surface area contributed by atoms with Gasteiger partial charge in [0.2, 0.25) is 0 Å². The number of ether oxygens (including phenoxy) is 1. The van der Waals surface area contributed by atoms with Gasteiger partial charge in [-0.1, -0.05) is 42.8 Å². The summed E-state index contributed by atoms with van der Waals surface area (Å²) < 4.78 is 5.98. The topological polar surface area (TPSA) is 41.6 Å². The molecule has 0 saturated heterocycles. The maximum atomic E-state index is 12.6. The van der Waals surface area contributed by atoms with Gasteiger partial charge in [-0.15, -0.1) is 0 Å². The van der Waals surface area contributed by atoms with Crippen molar-refractivity contribution in [2.75, 3.05) is 24.5 Å². The lowest BCUT2D eigenvalue weighted by atomic mass is 10.0. The van der Waals surface area contributed by atoms with Crippen LogP contribution in [0.25, 0.3) is 0 Å². The van der Waals surface area contributed by atoms with Crippen molar-refractivity contribution >= 4 is 11.6 Å². The third-order valence-corrected chi connectivity index (χ3v) is 5.37. The number of anilines is 1. The molecule has 1 atom stereocenters. The zero-order valence-electron chi connectivity index (χ0n) is 17.3. The molecule has 2 aromatic carbocycles. The number of nitrogens with zero attached hydrogens (tertiary/aromatic N) is 1. The van der Waals surface area contributed by atoms with Crippen molar-refractivity contribution in [2.45, 2.75) is 52.6 Å². The van der Waals surface area contributed by atoms with Gasteiger partial charge in [-0.25, -0.2) is 0 Å². The first-order valence-electron chi connectivity index (χ1n) is 10.4. The highest BCUT2D eigenvalue weighted by Gasteiger charge is 2.19. The van der Waals surface area contributed by atoms with Gasteiger partial charge in [0.1, 0.15) is 5.75 Å². The quantitative estimate of drug-likeness (QED) is 0.689. The molecule has 0 radical (unpaired) electrons. The molecule has 0 aromatic heterocycles. The van der Waals surface area contributed by atoms with Crippen LogP contribution in [0.4, 0.5) is 5.69 Å². The Kier molecular flexibility index (Phi) is 6.96. The molecule has 1 unspecified atom stereocenters. The summed E-state index contributed by atoms with van der Waals surface area (Å²) in [5.74, 6) is 0.763. The molecule has 4 nitrogen and oxygen atoms in total. The fourth-order valence-corrected chi connectivity index (χ4v) is 3.85. The summed E-state index contributed by atoms with van der Waals surface area (Å²) in [4.78, 5) is 15.0. The molecule has 0 fully saturated rings. The number of nitrogens with one attached hydrogen (secondary N) is 1. The molecule has 0 saturated carbocycles. The maximum absolute atomic E-state index is 12.6. The summed E-state index contributed by atoms with van der Waals surface area (Å²) >= 11 is 0. The Morgan fingerprint density at radius 1 is 1.21 bits per heavy atom. The summed E-state index contributed by atoms with van der Waals surface area (Å²) in [5, 5.41) is 3.06. The number of hydrogen-bond donors (Lipinski definition) is 1. The van der Waals surface area contributed by atoms with Gasteiger partial charge in [0, 0.05) is 25.3 Å². The van der Waals surface area contributed by atoms with Crippen LogP contribution < -0.4 is 15.0 Å². The highest BCUT2D eigenvalue weighted by atomic mass is 16.5. The van der Waals surface area contributed by atoms with Gasteiger partial charge in [-0.2, -0.15) is 0 Å². The smallest absolute Gasteiger partial charge is 0.261 e. The largest absolute Gasteiger partial charge is 0.480 e. The standard InChI is InChI=1S/C24H32N2O2/c1-4-22(28-23-13-12-18(2)17-19(23)3)24(27)25-14-8-16-26-15-7-10-20-9-5-6-11-21(20)26/h5-6,9,11-13,17,22H,4,7-8,10,14-16H2,1-3H3,(H,25,27). The van der Waals surface area contributed by atoms with Crippen LogP contribution in [0.15, 0.2) is 42.5 Å². The Balaban J connectivity index is 1.47. The van der Waals surface area contributed by atoms with E-state index in [4.69, 9.17) is 4.74 Å². The number of carbonyl (C=O) groups is 1. The number of fused-ring (bicyclic) bond motifs is 1. The molecule has 1 N–H and O–H groups in total. The highest BCUT2D eigenvalue weighted by Crippen LogP contribution is 2.26. The normalized spacial score (nSPS) is 14.3. The summed E-state index contributed by atoms with van der Waals surface area (Å²) in [6.45, 7) is 8.79. The van der Waals surface area contributed by atoms with Crippen LogP contribution in [0.3, 0.4) is 0 Å². The van der Waals surface area contributed by atoms with Crippen molar-refractivity contribution in [3.63, 3.8) is 0 Å². The maximum Gasteiger partial charge on any atom is 0.261 e. The number of carbonyl (C=O) groups excluding carboxylic acids is 1. The number of amides is 1. The predicted molar refractivity (Wildman–Crippen MR) is 115 cm³/mol. The zero-order chi connectivity index (χ0) is 19.9. The van der Waals surface area contributed by atoms with Gasteiger partial charge in [0.25, 0.3) is 5.91 Å². The van der Waals surface area contributed by atoms with Crippen molar-refractivity contribution < 1.29 is 9.53 Å². The Hall–Kier alpha value is -2.49.